The Kier molecular flexibility index (Phi) is 6.56. The molecule has 1 unspecified atom stereocenters. The third-order valence-electron chi connectivity index (χ3n) is 4.52. The van der Waals surface area contributed by atoms with E-state index in [1.165, 1.54) is 18.2 Å². The number of halogens is 6. The van der Waals surface area contributed by atoms with Crippen LogP contribution in [0.15, 0.2) is 36.4 Å². The van der Waals surface area contributed by atoms with Crippen LogP contribution in [0.5, 0.6) is 0 Å². The van der Waals surface area contributed by atoms with Crippen LogP contribution in [-0.4, -0.2) is 26.0 Å². The smallest absolute Gasteiger partial charge is 0.360 e. The average Bonchev–Trinajstić information content (AvgIpc) is 3.17. The molecule has 0 saturated carbocycles. The van der Waals surface area contributed by atoms with Crippen molar-refractivity contribution in [3.05, 3.63) is 58.7 Å². The van der Waals surface area contributed by atoms with Crippen molar-refractivity contribution in [2.24, 2.45) is 0 Å². The third-order valence-corrected chi connectivity index (χ3v) is 4.87. The van der Waals surface area contributed by atoms with Crippen molar-refractivity contribution >= 4 is 28.2 Å². The van der Waals surface area contributed by atoms with Crippen LogP contribution in [0.3, 0.4) is 0 Å². The number of nitrogens with zero attached hydrogens (tertiary/aromatic N) is 5. The highest BCUT2D eigenvalue weighted by Crippen LogP contribution is 2.34. The van der Waals surface area contributed by atoms with E-state index in [-0.39, 0.29) is 34.6 Å². The number of benzene rings is 2. The zero-order valence-electron chi connectivity index (χ0n) is 16.4. The molecule has 0 amide bonds. The monoisotopic (exact) mass is 482 g/mol. The molecule has 0 aliphatic carbocycles. The van der Waals surface area contributed by atoms with Crippen molar-refractivity contribution in [2.75, 3.05) is 0 Å². The molecule has 0 spiro atoms. The number of nitriles is 2. The molecule has 1 aromatic heterocycles. The molecule has 3 rings (SSSR count). The molecule has 170 valence electrons. The first-order chi connectivity index (χ1) is 15.4. The predicted molar refractivity (Wildman–Crippen MR) is 108 cm³/mol. The summed E-state index contributed by atoms with van der Waals surface area (Å²) in [5.74, 6) is 0. The molecule has 3 aromatic rings. The normalized spacial score (nSPS) is 12.7. The fourth-order valence-corrected chi connectivity index (χ4v) is 3.19. The zero-order valence-corrected chi connectivity index (χ0v) is 17.2. The van der Waals surface area contributed by atoms with Gasteiger partial charge in [-0.2, -0.15) is 51.9 Å². The summed E-state index contributed by atoms with van der Waals surface area (Å²) in [7, 11) is 0. The van der Waals surface area contributed by atoms with E-state index in [2.05, 4.69) is 15.5 Å². The second-order valence-electron chi connectivity index (χ2n) is 6.82. The Hall–Kier alpha value is -3.71. The number of hydrogen-bond donors (Lipinski definition) is 1. The first-order valence-corrected chi connectivity index (χ1v) is 9.57. The Morgan fingerprint density at radius 2 is 1.70 bits per heavy atom. The number of thiocarbonyl (C=S) groups is 1. The Bertz CT molecular complexity index is 1260. The molecule has 2 aromatic carbocycles. The molecule has 1 atom stereocenters. The molecule has 0 radical (unpaired) electrons. The van der Waals surface area contributed by atoms with Crippen LogP contribution in [-0.2, 0) is 18.9 Å². The molecule has 0 bridgehead atoms. The van der Waals surface area contributed by atoms with Gasteiger partial charge in [0.15, 0.2) is 0 Å². The number of alkyl halides is 6. The summed E-state index contributed by atoms with van der Waals surface area (Å²) in [4.78, 5) is 1.01. The summed E-state index contributed by atoms with van der Waals surface area (Å²) in [5.41, 5.74) is -2.45. The highest BCUT2D eigenvalue weighted by molar-refractivity contribution is 7.80. The van der Waals surface area contributed by atoms with Gasteiger partial charge in [0, 0.05) is 12.0 Å². The molecule has 0 aliphatic rings. The Morgan fingerprint density at radius 3 is 2.24 bits per heavy atom. The van der Waals surface area contributed by atoms with E-state index < -0.39 is 35.0 Å². The molecule has 1 N–H and O–H groups in total. The lowest BCUT2D eigenvalue weighted by atomic mass is 10.1. The van der Waals surface area contributed by atoms with E-state index in [1.807, 2.05) is 6.07 Å². The lowest BCUT2D eigenvalue weighted by molar-refractivity contribution is -0.138. The first kappa shape index (κ1) is 23.9. The van der Waals surface area contributed by atoms with Gasteiger partial charge in [0.2, 0.25) is 0 Å². The summed E-state index contributed by atoms with van der Waals surface area (Å²) in [5, 5.41) is 28.8. The van der Waals surface area contributed by atoms with Crippen LogP contribution in [0.2, 0.25) is 0 Å². The summed E-state index contributed by atoms with van der Waals surface area (Å²) >= 11 is 5.13. The van der Waals surface area contributed by atoms with Gasteiger partial charge < -0.3 is 5.32 Å². The Morgan fingerprint density at radius 1 is 1.03 bits per heavy atom. The third kappa shape index (κ3) is 5.56. The van der Waals surface area contributed by atoms with E-state index >= 15 is 0 Å². The van der Waals surface area contributed by atoms with E-state index in [0.717, 1.165) is 16.9 Å². The van der Waals surface area contributed by atoms with Crippen LogP contribution in [0.25, 0.3) is 11.0 Å². The topological polar surface area (TPSA) is 90.3 Å². The maximum Gasteiger partial charge on any atom is 0.418 e. The lowest BCUT2D eigenvalue weighted by Gasteiger charge is -2.14. The molecule has 33 heavy (non-hydrogen) atoms. The Labute approximate surface area is 188 Å². The van der Waals surface area contributed by atoms with Gasteiger partial charge in [0.1, 0.15) is 22.1 Å². The SMILES string of the molecule is N#Cc1cc(C(F)(F)F)c2nn(CCC(C#N)NC(=S)c3ccc(C(F)(F)F)cc3)nc2c1. The van der Waals surface area contributed by atoms with Gasteiger partial charge in [-0.05, 0) is 24.3 Å². The van der Waals surface area contributed by atoms with Crippen LogP contribution in [0.4, 0.5) is 26.3 Å². The van der Waals surface area contributed by atoms with Crippen LogP contribution >= 0.6 is 12.2 Å². The second kappa shape index (κ2) is 9.03. The van der Waals surface area contributed by atoms with E-state index in [1.54, 1.807) is 6.07 Å². The highest BCUT2D eigenvalue weighted by atomic mass is 32.1. The van der Waals surface area contributed by atoms with Gasteiger partial charge in [-0.3, -0.25) is 0 Å². The number of rotatable bonds is 5. The van der Waals surface area contributed by atoms with Crippen molar-refractivity contribution < 1.29 is 26.3 Å². The highest BCUT2D eigenvalue weighted by Gasteiger charge is 2.35. The summed E-state index contributed by atoms with van der Waals surface area (Å²) in [6, 6.07) is 8.57. The van der Waals surface area contributed by atoms with Crippen LogP contribution in [0, 0.1) is 22.7 Å². The molecule has 0 saturated heterocycles. The number of nitrogens with one attached hydrogen (secondary N) is 1. The van der Waals surface area contributed by atoms with E-state index in [0.29, 0.717) is 6.07 Å². The van der Waals surface area contributed by atoms with Crippen molar-refractivity contribution in [1.82, 2.24) is 20.3 Å². The Balaban J connectivity index is 1.72. The zero-order chi connectivity index (χ0) is 24.4. The van der Waals surface area contributed by atoms with Crippen molar-refractivity contribution in [1.29, 1.82) is 10.5 Å². The summed E-state index contributed by atoms with van der Waals surface area (Å²) in [6.45, 7) is -0.0608. The van der Waals surface area contributed by atoms with E-state index in [9.17, 15) is 31.6 Å². The molecule has 0 fully saturated rings. The largest absolute Gasteiger partial charge is 0.418 e. The molecule has 1 heterocycles. The quantitative estimate of drug-likeness (QED) is 0.423. The van der Waals surface area contributed by atoms with Gasteiger partial charge >= 0.3 is 12.4 Å². The fraction of sp³-hybridized carbons (Fsp3) is 0.250. The molecule has 6 nitrogen and oxygen atoms in total. The van der Waals surface area contributed by atoms with Crippen molar-refractivity contribution in [3.63, 3.8) is 0 Å². The summed E-state index contributed by atoms with van der Waals surface area (Å²) in [6.07, 6.45) is -9.20. The van der Waals surface area contributed by atoms with Gasteiger partial charge in [-0.25, -0.2) is 0 Å². The predicted octanol–water partition coefficient (Wildman–Crippen LogP) is 4.59. The van der Waals surface area contributed by atoms with Crippen LogP contribution < -0.4 is 5.32 Å². The van der Waals surface area contributed by atoms with E-state index in [4.69, 9.17) is 17.5 Å². The first-order valence-electron chi connectivity index (χ1n) is 9.16. The molecular formula is C20H12F6N6S. The van der Waals surface area contributed by atoms with Crippen molar-refractivity contribution in [2.45, 2.75) is 31.4 Å². The molecule has 13 heteroatoms. The number of aromatic nitrogens is 3. The number of hydrogen-bond acceptors (Lipinski definition) is 5. The maximum atomic E-state index is 13.3. The number of fused-ring (bicyclic) bond motifs is 1. The van der Waals surface area contributed by atoms with Gasteiger partial charge in [0.05, 0.1) is 35.4 Å². The number of aryl methyl sites for hydroxylation is 1. The average molecular weight is 482 g/mol. The standard InChI is InChI=1S/C20H12F6N6S/c21-19(22,23)13-3-1-12(2-4-13)18(33)29-14(10-28)5-6-32-30-16-8-11(9-27)7-15(17(16)31-32)20(24,25)26/h1-4,7-8,14H,5-6H2,(H,29,33). The minimum Gasteiger partial charge on any atom is -0.360 e. The van der Waals surface area contributed by atoms with Crippen molar-refractivity contribution in [3.8, 4) is 12.1 Å². The van der Waals surface area contributed by atoms with Gasteiger partial charge in [0.25, 0.3) is 0 Å². The van der Waals surface area contributed by atoms with Crippen LogP contribution in [0.1, 0.15) is 28.7 Å². The lowest BCUT2D eigenvalue weighted by Crippen LogP contribution is -2.34. The minimum atomic E-state index is -4.74. The fourth-order valence-electron chi connectivity index (χ4n) is 2.91. The second-order valence-corrected chi connectivity index (χ2v) is 7.22. The van der Waals surface area contributed by atoms with Gasteiger partial charge in [-0.15, -0.1) is 0 Å². The van der Waals surface area contributed by atoms with Gasteiger partial charge in [-0.1, -0.05) is 24.4 Å². The molecule has 0 aliphatic heterocycles. The molecular weight excluding hydrogens is 470 g/mol. The maximum absolute atomic E-state index is 13.3. The minimum absolute atomic E-state index is 0.0325. The summed E-state index contributed by atoms with van der Waals surface area (Å²) < 4.78 is 77.9.